The van der Waals surface area contributed by atoms with Gasteiger partial charge in [0, 0.05) is 18.3 Å². The lowest BCUT2D eigenvalue weighted by atomic mass is 10.2. The molecular weight excluding hydrogens is 334 g/mol. The van der Waals surface area contributed by atoms with E-state index in [1.165, 1.54) is 18.3 Å². The second-order valence-corrected chi connectivity index (χ2v) is 5.55. The molecule has 26 heavy (non-hydrogen) atoms. The van der Waals surface area contributed by atoms with Gasteiger partial charge < -0.3 is 5.32 Å². The minimum atomic E-state index is -0.454. The molecule has 0 atom stereocenters. The standard InChI is InChI=1S/C18H17N5O3/c1-2-17-16(18(24)20-11-13-5-3-4-10-19-13)12-21-22(17)14-6-8-15(9-7-14)23(25)26/h3-10,12H,2,11H2,1H3,(H,20,24). The molecular formula is C18H17N5O3. The van der Waals surface area contributed by atoms with Crippen molar-refractivity contribution in [2.24, 2.45) is 0 Å². The van der Waals surface area contributed by atoms with Gasteiger partial charge in [-0.15, -0.1) is 0 Å². The Labute approximate surface area is 149 Å². The summed E-state index contributed by atoms with van der Waals surface area (Å²) in [6.07, 6.45) is 3.77. The van der Waals surface area contributed by atoms with Gasteiger partial charge in [0.25, 0.3) is 11.6 Å². The molecule has 0 aliphatic carbocycles. The van der Waals surface area contributed by atoms with Crippen molar-refractivity contribution in [3.05, 3.63) is 81.9 Å². The quantitative estimate of drug-likeness (QED) is 0.543. The summed E-state index contributed by atoms with van der Waals surface area (Å²) in [6, 6.07) is 11.6. The second-order valence-electron chi connectivity index (χ2n) is 5.55. The normalized spacial score (nSPS) is 10.5. The highest BCUT2D eigenvalue weighted by molar-refractivity contribution is 5.95. The zero-order valence-corrected chi connectivity index (χ0v) is 14.1. The molecule has 3 rings (SSSR count). The third-order valence-electron chi connectivity index (χ3n) is 3.91. The number of carbonyl (C=O) groups excluding carboxylic acids is 1. The van der Waals surface area contributed by atoms with Crippen LogP contribution in [-0.2, 0) is 13.0 Å². The minimum absolute atomic E-state index is 0.00674. The Hall–Kier alpha value is -3.55. The Morgan fingerprint density at radius 3 is 2.62 bits per heavy atom. The van der Waals surface area contributed by atoms with Crippen LogP contribution < -0.4 is 5.32 Å². The minimum Gasteiger partial charge on any atom is -0.346 e. The van der Waals surface area contributed by atoms with Crippen LogP contribution >= 0.6 is 0 Å². The molecule has 0 aliphatic heterocycles. The van der Waals surface area contributed by atoms with Gasteiger partial charge in [-0.3, -0.25) is 19.9 Å². The van der Waals surface area contributed by atoms with Crippen molar-refractivity contribution in [3.63, 3.8) is 0 Å². The third-order valence-corrected chi connectivity index (χ3v) is 3.91. The van der Waals surface area contributed by atoms with Gasteiger partial charge in [0.05, 0.1) is 40.3 Å². The average molecular weight is 351 g/mol. The molecule has 2 aromatic heterocycles. The Balaban J connectivity index is 1.81. The lowest BCUT2D eigenvalue weighted by molar-refractivity contribution is -0.384. The first-order chi connectivity index (χ1) is 12.6. The first-order valence-corrected chi connectivity index (χ1v) is 8.10. The summed E-state index contributed by atoms with van der Waals surface area (Å²) in [5, 5.41) is 17.9. The first-order valence-electron chi connectivity index (χ1n) is 8.10. The highest BCUT2D eigenvalue weighted by atomic mass is 16.6. The van der Waals surface area contributed by atoms with Crippen LogP contribution in [0, 0.1) is 10.1 Å². The SMILES string of the molecule is CCc1c(C(=O)NCc2ccccn2)cnn1-c1ccc([N+](=O)[O-])cc1. The summed E-state index contributed by atoms with van der Waals surface area (Å²) < 4.78 is 1.62. The van der Waals surface area contributed by atoms with Gasteiger partial charge in [0.2, 0.25) is 0 Å². The van der Waals surface area contributed by atoms with E-state index in [4.69, 9.17) is 0 Å². The van der Waals surface area contributed by atoms with E-state index in [9.17, 15) is 14.9 Å². The van der Waals surface area contributed by atoms with E-state index in [-0.39, 0.29) is 11.6 Å². The van der Waals surface area contributed by atoms with Crippen LogP contribution in [0.15, 0.2) is 54.9 Å². The van der Waals surface area contributed by atoms with Gasteiger partial charge in [0.1, 0.15) is 0 Å². The zero-order chi connectivity index (χ0) is 18.5. The number of nitro groups is 1. The topological polar surface area (TPSA) is 103 Å². The highest BCUT2D eigenvalue weighted by Crippen LogP contribution is 2.19. The molecule has 0 saturated heterocycles. The van der Waals surface area contributed by atoms with Crippen molar-refractivity contribution < 1.29 is 9.72 Å². The van der Waals surface area contributed by atoms with Crippen molar-refractivity contribution in [3.8, 4) is 5.69 Å². The van der Waals surface area contributed by atoms with Gasteiger partial charge in [-0.1, -0.05) is 13.0 Å². The molecule has 3 aromatic rings. The van der Waals surface area contributed by atoms with Gasteiger partial charge >= 0.3 is 0 Å². The number of non-ortho nitro benzene ring substituents is 1. The summed E-state index contributed by atoms with van der Waals surface area (Å²) in [7, 11) is 0. The van der Waals surface area contributed by atoms with Crippen LogP contribution in [0.1, 0.15) is 28.7 Å². The number of nitrogens with one attached hydrogen (secondary N) is 1. The summed E-state index contributed by atoms with van der Waals surface area (Å²) in [6.45, 7) is 2.25. The van der Waals surface area contributed by atoms with Crippen LogP contribution in [-0.4, -0.2) is 25.6 Å². The van der Waals surface area contributed by atoms with E-state index >= 15 is 0 Å². The highest BCUT2D eigenvalue weighted by Gasteiger charge is 2.17. The van der Waals surface area contributed by atoms with E-state index in [2.05, 4.69) is 15.4 Å². The predicted molar refractivity (Wildman–Crippen MR) is 95.0 cm³/mol. The number of pyridine rings is 1. The van der Waals surface area contributed by atoms with E-state index in [0.29, 0.717) is 24.2 Å². The van der Waals surface area contributed by atoms with Gasteiger partial charge in [-0.25, -0.2) is 4.68 Å². The molecule has 1 amide bonds. The largest absolute Gasteiger partial charge is 0.346 e. The fraction of sp³-hybridized carbons (Fsp3) is 0.167. The molecule has 0 aliphatic rings. The molecule has 1 aromatic carbocycles. The number of aromatic nitrogens is 3. The van der Waals surface area contributed by atoms with Crippen molar-refractivity contribution in [2.45, 2.75) is 19.9 Å². The molecule has 0 saturated carbocycles. The van der Waals surface area contributed by atoms with Crippen molar-refractivity contribution >= 4 is 11.6 Å². The number of nitro benzene ring substituents is 1. The number of hydrogen-bond acceptors (Lipinski definition) is 5. The number of hydrogen-bond donors (Lipinski definition) is 1. The maximum absolute atomic E-state index is 12.5. The van der Waals surface area contributed by atoms with Crippen molar-refractivity contribution in [2.75, 3.05) is 0 Å². The smallest absolute Gasteiger partial charge is 0.269 e. The van der Waals surface area contributed by atoms with Crippen LogP contribution in [0.5, 0.6) is 0 Å². The van der Waals surface area contributed by atoms with E-state index < -0.39 is 4.92 Å². The van der Waals surface area contributed by atoms with Gasteiger partial charge in [0.15, 0.2) is 0 Å². The molecule has 8 heteroatoms. The Kier molecular flexibility index (Phi) is 5.02. The molecule has 132 valence electrons. The first kappa shape index (κ1) is 17.3. The van der Waals surface area contributed by atoms with E-state index in [1.807, 2.05) is 25.1 Å². The summed E-state index contributed by atoms with van der Waals surface area (Å²) in [5.41, 5.74) is 2.64. The predicted octanol–water partition coefficient (Wildman–Crippen LogP) is 2.67. The maximum atomic E-state index is 12.5. The van der Waals surface area contributed by atoms with E-state index in [0.717, 1.165) is 11.4 Å². The van der Waals surface area contributed by atoms with Crippen LogP contribution in [0.2, 0.25) is 0 Å². The summed E-state index contributed by atoms with van der Waals surface area (Å²) >= 11 is 0. The van der Waals surface area contributed by atoms with Gasteiger partial charge in [-0.05, 0) is 30.7 Å². The molecule has 1 N–H and O–H groups in total. The lowest BCUT2D eigenvalue weighted by Crippen LogP contribution is -2.24. The van der Waals surface area contributed by atoms with Crippen molar-refractivity contribution in [1.82, 2.24) is 20.1 Å². The monoisotopic (exact) mass is 351 g/mol. The summed E-state index contributed by atoms with van der Waals surface area (Å²) in [4.78, 5) is 27.0. The van der Waals surface area contributed by atoms with E-state index in [1.54, 1.807) is 23.0 Å². The molecule has 0 unspecified atom stereocenters. The molecule has 0 bridgehead atoms. The number of nitrogens with zero attached hydrogens (tertiary/aromatic N) is 4. The number of benzene rings is 1. The molecule has 8 nitrogen and oxygen atoms in total. The zero-order valence-electron chi connectivity index (χ0n) is 14.1. The Morgan fingerprint density at radius 2 is 2.00 bits per heavy atom. The second kappa shape index (κ2) is 7.56. The number of rotatable bonds is 6. The fourth-order valence-corrected chi connectivity index (χ4v) is 2.61. The van der Waals surface area contributed by atoms with Gasteiger partial charge in [-0.2, -0.15) is 5.10 Å². The molecule has 0 radical (unpaired) electrons. The fourth-order valence-electron chi connectivity index (χ4n) is 2.61. The number of amides is 1. The van der Waals surface area contributed by atoms with Crippen LogP contribution in [0.3, 0.4) is 0 Å². The Bertz CT molecular complexity index is 920. The maximum Gasteiger partial charge on any atom is 0.269 e. The Morgan fingerprint density at radius 1 is 1.23 bits per heavy atom. The summed E-state index contributed by atoms with van der Waals surface area (Å²) in [5.74, 6) is -0.235. The molecule has 2 heterocycles. The average Bonchev–Trinajstić information content (AvgIpc) is 3.11. The van der Waals surface area contributed by atoms with Crippen LogP contribution in [0.25, 0.3) is 5.69 Å². The lowest BCUT2D eigenvalue weighted by Gasteiger charge is -2.08. The number of carbonyl (C=O) groups is 1. The van der Waals surface area contributed by atoms with Crippen molar-refractivity contribution in [1.29, 1.82) is 0 Å². The van der Waals surface area contributed by atoms with Crippen LogP contribution in [0.4, 0.5) is 5.69 Å². The molecule has 0 spiro atoms. The molecule has 0 fully saturated rings. The third kappa shape index (κ3) is 3.59.